The molecule has 0 radical (unpaired) electrons. The summed E-state index contributed by atoms with van der Waals surface area (Å²) in [5.41, 5.74) is 7.69. The van der Waals surface area contributed by atoms with Gasteiger partial charge in [0.2, 0.25) is 21.8 Å². The minimum absolute atomic E-state index is 0.154. The summed E-state index contributed by atoms with van der Waals surface area (Å²) in [5, 5.41) is 5.45. The lowest BCUT2D eigenvalue weighted by Gasteiger charge is -2.34. The molecule has 1 unspecified atom stereocenters. The Morgan fingerprint density at radius 2 is 1.77 bits per heavy atom. The van der Waals surface area contributed by atoms with Gasteiger partial charge >= 0.3 is 0 Å². The molecule has 0 saturated carbocycles. The van der Waals surface area contributed by atoms with E-state index in [1.165, 1.54) is 23.4 Å². The normalized spacial score (nSPS) is 18.2. The Hall–Kier alpha value is -2.75. The predicted octanol–water partition coefficient (Wildman–Crippen LogP) is 1.83. The van der Waals surface area contributed by atoms with Crippen LogP contribution in [0.3, 0.4) is 0 Å². The molecule has 166 valence electrons. The number of hydrogen-bond donors (Lipinski definition) is 3. The largest absolute Gasteiger partial charge is 0.339 e. The van der Waals surface area contributed by atoms with Crippen LogP contribution in [0, 0.1) is 0 Å². The molecule has 2 aromatic carbocycles. The van der Waals surface area contributed by atoms with E-state index in [4.69, 9.17) is 5.73 Å². The molecule has 0 bridgehead atoms. The average Bonchev–Trinajstić information content (AvgIpc) is 2.75. The fraction of sp³-hybridized carbons (Fsp3) is 0.364. The molecule has 0 aliphatic carbocycles. The van der Waals surface area contributed by atoms with E-state index in [0.717, 1.165) is 12.0 Å². The summed E-state index contributed by atoms with van der Waals surface area (Å²) in [5.74, 6) is -0.541. The number of piperidine rings is 1. The second-order valence-electron chi connectivity index (χ2n) is 7.64. The monoisotopic (exact) mass is 444 g/mol. The fourth-order valence-electron chi connectivity index (χ4n) is 3.69. The Morgan fingerprint density at radius 3 is 2.42 bits per heavy atom. The number of anilines is 1. The predicted molar refractivity (Wildman–Crippen MR) is 119 cm³/mol. The van der Waals surface area contributed by atoms with Crippen LogP contribution in [0.2, 0.25) is 0 Å². The van der Waals surface area contributed by atoms with Gasteiger partial charge in [-0.2, -0.15) is 4.31 Å². The Kier molecular flexibility index (Phi) is 7.42. The SMILES string of the molecule is CC(=O)Nc1ccc(C[C@@H](N)NC(=O)C2CCCCN2S(=O)(=O)c2ccccc2)cc1. The third kappa shape index (κ3) is 5.90. The molecule has 2 aromatic rings. The molecular formula is C22H28N4O4S. The Bertz CT molecular complexity index is 1010. The van der Waals surface area contributed by atoms with Crippen LogP contribution in [0.25, 0.3) is 0 Å². The average molecular weight is 445 g/mol. The zero-order valence-corrected chi connectivity index (χ0v) is 18.3. The van der Waals surface area contributed by atoms with Crippen molar-refractivity contribution >= 4 is 27.5 Å². The smallest absolute Gasteiger partial charge is 0.243 e. The maximum Gasteiger partial charge on any atom is 0.243 e. The van der Waals surface area contributed by atoms with E-state index in [0.29, 0.717) is 31.5 Å². The Morgan fingerprint density at radius 1 is 1.10 bits per heavy atom. The highest BCUT2D eigenvalue weighted by Gasteiger charge is 2.37. The highest BCUT2D eigenvalue weighted by Crippen LogP contribution is 2.25. The molecule has 1 aliphatic heterocycles. The van der Waals surface area contributed by atoms with Crippen molar-refractivity contribution in [3.05, 3.63) is 60.2 Å². The number of sulfonamides is 1. The molecule has 3 rings (SSSR count). The maximum absolute atomic E-state index is 13.1. The number of carbonyl (C=O) groups excluding carboxylic acids is 2. The lowest BCUT2D eigenvalue weighted by atomic mass is 10.0. The van der Waals surface area contributed by atoms with Crippen molar-refractivity contribution < 1.29 is 18.0 Å². The van der Waals surface area contributed by atoms with Gasteiger partial charge in [-0.05, 0) is 42.7 Å². The van der Waals surface area contributed by atoms with Gasteiger partial charge in [0, 0.05) is 25.6 Å². The van der Waals surface area contributed by atoms with Gasteiger partial charge in [0.15, 0.2) is 0 Å². The Balaban J connectivity index is 1.65. The quantitative estimate of drug-likeness (QED) is 0.563. The third-order valence-corrected chi connectivity index (χ3v) is 7.09. The molecule has 1 saturated heterocycles. The number of hydrogen-bond acceptors (Lipinski definition) is 5. The van der Waals surface area contributed by atoms with Crippen LogP contribution in [0.1, 0.15) is 31.7 Å². The van der Waals surface area contributed by atoms with Crippen molar-refractivity contribution in [2.45, 2.75) is 49.7 Å². The third-order valence-electron chi connectivity index (χ3n) is 5.16. The second-order valence-corrected chi connectivity index (χ2v) is 9.53. The number of amides is 2. The first-order chi connectivity index (χ1) is 14.8. The highest BCUT2D eigenvalue weighted by molar-refractivity contribution is 7.89. The van der Waals surface area contributed by atoms with E-state index < -0.39 is 22.2 Å². The first kappa shape index (κ1) is 22.9. The van der Waals surface area contributed by atoms with E-state index in [1.54, 1.807) is 30.3 Å². The number of nitrogens with one attached hydrogen (secondary N) is 2. The molecule has 2 amide bonds. The fourth-order valence-corrected chi connectivity index (χ4v) is 5.37. The molecule has 8 nitrogen and oxygen atoms in total. The summed E-state index contributed by atoms with van der Waals surface area (Å²) < 4.78 is 27.4. The molecule has 0 spiro atoms. The van der Waals surface area contributed by atoms with Gasteiger partial charge < -0.3 is 16.4 Å². The van der Waals surface area contributed by atoms with E-state index in [1.807, 2.05) is 12.1 Å². The first-order valence-corrected chi connectivity index (χ1v) is 11.7. The van der Waals surface area contributed by atoms with Gasteiger partial charge in [-0.3, -0.25) is 9.59 Å². The van der Waals surface area contributed by atoms with Crippen LogP contribution in [0.15, 0.2) is 59.5 Å². The minimum atomic E-state index is -3.77. The van der Waals surface area contributed by atoms with Gasteiger partial charge in [0.25, 0.3) is 0 Å². The van der Waals surface area contributed by atoms with Gasteiger partial charge in [0.05, 0.1) is 11.1 Å². The van der Waals surface area contributed by atoms with Crippen molar-refractivity contribution in [3.63, 3.8) is 0 Å². The van der Waals surface area contributed by atoms with Gasteiger partial charge in [-0.25, -0.2) is 8.42 Å². The highest BCUT2D eigenvalue weighted by atomic mass is 32.2. The summed E-state index contributed by atoms with van der Waals surface area (Å²) in [6.07, 6.45) is 1.66. The topological polar surface area (TPSA) is 122 Å². The summed E-state index contributed by atoms with van der Waals surface area (Å²) in [6.45, 7) is 1.74. The van der Waals surface area contributed by atoms with Crippen LogP contribution in [-0.4, -0.2) is 43.3 Å². The van der Waals surface area contributed by atoms with Crippen molar-refractivity contribution in [1.29, 1.82) is 0 Å². The van der Waals surface area contributed by atoms with Gasteiger partial charge in [0.1, 0.15) is 6.04 Å². The zero-order valence-electron chi connectivity index (χ0n) is 17.5. The second kappa shape index (κ2) is 10.0. The molecule has 1 aliphatic rings. The molecule has 4 N–H and O–H groups in total. The number of nitrogens with zero attached hydrogens (tertiary/aromatic N) is 1. The molecule has 9 heteroatoms. The van der Waals surface area contributed by atoms with Gasteiger partial charge in [-0.15, -0.1) is 0 Å². The van der Waals surface area contributed by atoms with Gasteiger partial charge in [-0.1, -0.05) is 36.8 Å². The molecular weight excluding hydrogens is 416 g/mol. The van der Waals surface area contributed by atoms with Crippen LogP contribution in [0.5, 0.6) is 0 Å². The molecule has 31 heavy (non-hydrogen) atoms. The molecule has 2 atom stereocenters. The molecule has 0 aromatic heterocycles. The first-order valence-electron chi connectivity index (χ1n) is 10.3. The summed E-state index contributed by atoms with van der Waals surface area (Å²) in [4.78, 5) is 24.2. The number of nitrogens with two attached hydrogens (primary N) is 1. The number of rotatable bonds is 7. The molecule has 1 heterocycles. The van der Waals surface area contributed by atoms with Crippen LogP contribution >= 0.6 is 0 Å². The van der Waals surface area contributed by atoms with E-state index in [2.05, 4.69) is 10.6 Å². The van der Waals surface area contributed by atoms with E-state index in [9.17, 15) is 18.0 Å². The lowest BCUT2D eigenvalue weighted by molar-refractivity contribution is -0.126. The number of benzene rings is 2. The van der Waals surface area contributed by atoms with E-state index in [-0.39, 0.29) is 16.7 Å². The Labute approximate surface area is 182 Å². The van der Waals surface area contributed by atoms with Crippen LogP contribution < -0.4 is 16.4 Å². The standard InChI is InChI=1S/C22H28N4O4S/c1-16(27)24-18-12-10-17(11-13-18)15-21(23)25-22(28)20-9-5-6-14-26(20)31(29,30)19-7-3-2-4-8-19/h2-4,7-8,10-13,20-21H,5-6,9,14-15,23H2,1H3,(H,24,27)(H,25,28)/t20?,21-/m0/s1. The zero-order chi connectivity index (χ0) is 22.4. The summed E-state index contributed by atoms with van der Waals surface area (Å²) in [6, 6.07) is 14.5. The summed E-state index contributed by atoms with van der Waals surface area (Å²) in [7, 11) is -3.77. The van der Waals surface area contributed by atoms with Crippen molar-refractivity contribution in [1.82, 2.24) is 9.62 Å². The molecule has 1 fully saturated rings. The number of carbonyl (C=O) groups is 2. The van der Waals surface area contributed by atoms with Crippen molar-refractivity contribution in [2.75, 3.05) is 11.9 Å². The van der Waals surface area contributed by atoms with Crippen molar-refractivity contribution in [3.8, 4) is 0 Å². The van der Waals surface area contributed by atoms with Crippen LogP contribution in [0.4, 0.5) is 5.69 Å². The van der Waals surface area contributed by atoms with Crippen LogP contribution in [-0.2, 0) is 26.0 Å². The minimum Gasteiger partial charge on any atom is -0.339 e. The lowest BCUT2D eigenvalue weighted by Crippen LogP contribution is -2.55. The van der Waals surface area contributed by atoms with E-state index >= 15 is 0 Å². The summed E-state index contributed by atoms with van der Waals surface area (Å²) >= 11 is 0. The maximum atomic E-state index is 13.1. The van der Waals surface area contributed by atoms with Crippen molar-refractivity contribution in [2.24, 2.45) is 5.73 Å².